The second-order valence-electron chi connectivity index (χ2n) is 9.73. The van der Waals surface area contributed by atoms with E-state index >= 15 is 0 Å². The molecular formula is C25H38N4O5. The average molecular weight is 475 g/mol. The topological polar surface area (TPSA) is 95.3 Å². The number of fused-ring (bicyclic) bond motifs is 1. The highest BCUT2D eigenvalue weighted by atomic mass is 16.5. The van der Waals surface area contributed by atoms with Crippen molar-refractivity contribution < 1.29 is 23.5 Å². The normalized spacial score (nSPS) is 25.3. The van der Waals surface area contributed by atoms with Crippen LogP contribution >= 0.6 is 0 Å². The number of furan rings is 1. The minimum Gasteiger partial charge on any atom is -0.467 e. The molecule has 9 nitrogen and oxygen atoms in total. The molecule has 188 valence electrons. The summed E-state index contributed by atoms with van der Waals surface area (Å²) < 4.78 is 10.5. The van der Waals surface area contributed by atoms with Gasteiger partial charge < -0.3 is 24.3 Å². The predicted molar refractivity (Wildman–Crippen MR) is 126 cm³/mol. The summed E-state index contributed by atoms with van der Waals surface area (Å²) in [6.45, 7) is 4.49. The summed E-state index contributed by atoms with van der Waals surface area (Å²) in [6.07, 6.45) is 8.96. The largest absolute Gasteiger partial charge is 0.467 e. The zero-order valence-corrected chi connectivity index (χ0v) is 20.2. The Morgan fingerprint density at radius 1 is 1.24 bits per heavy atom. The summed E-state index contributed by atoms with van der Waals surface area (Å²) in [5, 5.41) is 2.73. The molecule has 9 heteroatoms. The van der Waals surface area contributed by atoms with Gasteiger partial charge in [0.2, 0.25) is 5.91 Å². The fraction of sp³-hybridized carbons (Fsp3) is 0.720. The number of urea groups is 1. The SMILES string of the molecule is COCCCN(C[C@@H]1CCCN2CCCC[C@@H]12)C(=O)CC[C@H]1NC(=O)N(Cc2ccco2)C1=O. The summed E-state index contributed by atoms with van der Waals surface area (Å²) in [5.74, 6) is 0.798. The van der Waals surface area contributed by atoms with Crippen molar-refractivity contribution in [3.63, 3.8) is 0 Å². The molecule has 1 aromatic rings. The molecule has 3 atom stereocenters. The second kappa shape index (κ2) is 11.8. The number of carbonyl (C=O) groups excluding carboxylic acids is 3. The Balaban J connectivity index is 1.33. The minimum absolute atomic E-state index is 0.0515. The molecule has 0 bridgehead atoms. The summed E-state index contributed by atoms with van der Waals surface area (Å²) in [4.78, 5) is 44.1. The van der Waals surface area contributed by atoms with Gasteiger partial charge >= 0.3 is 6.03 Å². The molecule has 1 aromatic heterocycles. The first kappa shape index (κ1) is 24.7. The van der Waals surface area contributed by atoms with Crippen LogP contribution in [0.25, 0.3) is 0 Å². The quantitative estimate of drug-likeness (QED) is 0.391. The van der Waals surface area contributed by atoms with Crippen LogP contribution in [0.3, 0.4) is 0 Å². The number of nitrogens with zero attached hydrogens (tertiary/aromatic N) is 3. The van der Waals surface area contributed by atoms with E-state index in [4.69, 9.17) is 9.15 Å². The molecular weight excluding hydrogens is 436 g/mol. The van der Waals surface area contributed by atoms with E-state index in [-0.39, 0.29) is 24.8 Å². The molecule has 4 amide bonds. The van der Waals surface area contributed by atoms with E-state index in [2.05, 4.69) is 10.2 Å². The number of piperidine rings is 2. The van der Waals surface area contributed by atoms with Gasteiger partial charge in [-0.05, 0) is 69.7 Å². The van der Waals surface area contributed by atoms with Crippen LogP contribution in [-0.2, 0) is 20.9 Å². The summed E-state index contributed by atoms with van der Waals surface area (Å²) >= 11 is 0. The van der Waals surface area contributed by atoms with E-state index in [0.717, 1.165) is 24.3 Å². The molecule has 0 spiro atoms. The molecule has 4 heterocycles. The first-order valence-corrected chi connectivity index (χ1v) is 12.7. The summed E-state index contributed by atoms with van der Waals surface area (Å²) in [5.41, 5.74) is 0. The number of rotatable bonds is 11. The third kappa shape index (κ3) is 5.99. The van der Waals surface area contributed by atoms with Crippen molar-refractivity contribution in [2.24, 2.45) is 5.92 Å². The molecule has 34 heavy (non-hydrogen) atoms. The first-order valence-electron chi connectivity index (χ1n) is 12.7. The van der Waals surface area contributed by atoms with Crippen LogP contribution in [0, 0.1) is 5.92 Å². The highest BCUT2D eigenvalue weighted by Crippen LogP contribution is 2.31. The Morgan fingerprint density at radius 2 is 2.09 bits per heavy atom. The Kier molecular flexibility index (Phi) is 8.61. The number of methoxy groups -OCH3 is 1. The van der Waals surface area contributed by atoms with Crippen LogP contribution in [0.5, 0.6) is 0 Å². The molecule has 0 saturated carbocycles. The minimum atomic E-state index is -0.671. The Hall–Kier alpha value is -2.39. The van der Waals surface area contributed by atoms with Crippen molar-refractivity contribution >= 4 is 17.8 Å². The van der Waals surface area contributed by atoms with Crippen LogP contribution in [0.4, 0.5) is 4.79 Å². The zero-order valence-electron chi connectivity index (χ0n) is 20.2. The number of ether oxygens (including phenoxy) is 1. The lowest BCUT2D eigenvalue weighted by atomic mass is 9.83. The maximum Gasteiger partial charge on any atom is 0.325 e. The van der Waals surface area contributed by atoms with E-state index < -0.39 is 12.1 Å². The van der Waals surface area contributed by atoms with E-state index in [1.165, 1.54) is 45.0 Å². The van der Waals surface area contributed by atoms with Crippen LogP contribution in [0.15, 0.2) is 22.8 Å². The van der Waals surface area contributed by atoms with Crippen LogP contribution < -0.4 is 5.32 Å². The molecule has 3 aliphatic rings. The van der Waals surface area contributed by atoms with E-state index in [1.54, 1.807) is 19.2 Å². The second-order valence-corrected chi connectivity index (χ2v) is 9.73. The molecule has 3 aliphatic heterocycles. The highest BCUT2D eigenvalue weighted by molar-refractivity contribution is 6.04. The molecule has 1 N–H and O–H groups in total. The molecule has 0 radical (unpaired) electrons. The van der Waals surface area contributed by atoms with Gasteiger partial charge in [-0.2, -0.15) is 0 Å². The zero-order chi connectivity index (χ0) is 23.9. The molecule has 0 aromatic carbocycles. The standard InChI is InChI=1S/C25H38N4O5/c1-33-15-6-14-28(17-19-7-4-13-27-12-3-2-9-22(19)27)23(30)11-10-21-24(31)29(25(32)26-21)18-20-8-5-16-34-20/h5,8,16,19,21-22H,2-4,6-7,9-15,17-18H2,1H3,(H,26,32)/t19-,21+,22-/m0/s1. The molecule has 3 saturated heterocycles. The average Bonchev–Trinajstić information content (AvgIpc) is 3.46. The smallest absolute Gasteiger partial charge is 0.325 e. The number of hydrogen-bond donors (Lipinski definition) is 1. The Labute approximate surface area is 201 Å². The van der Waals surface area contributed by atoms with Crippen molar-refractivity contribution in [2.45, 2.75) is 70.0 Å². The van der Waals surface area contributed by atoms with Gasteiger partial charge in [-0.25, -0.2) is 4.79 Å². The van der Waals surface area contributed by atoms with Crippen LogP contribution in [0.2, 0.25) is 0 Å². The number of hydrogen-bond acceptors (Lipinski definition) is 6. The number of nitrogens with one attached hydrogen (secondary N) is 1. The van der Waals surface area contributed by atoms with Gasteiger partial charge in [-0.1, -0.05) is 6.42 Å². The maximum absolute atomic E-state index is 13.3. The molecule has 0 aliphatic carbocycles. The van der Waals surface area contributed by atoms with Gasteiger partial charge in [0, 0.05) is 39.3 Å². The Morgan fingerprint density at radius 3 is 2.88 bits per heavy atom. The van der Waals surface area contributed by atoms with Crippen molar-refractivity contribution in [2.75, 3.05) is 39.9 Å². The lowest BCUT2D eigenvalue weighted by molar-refractivity contribution is -0.133. The van der Waals surface area contributed by atoms with Gasteiger partial charge in [0.1, 0.15) is 11.8 Å². The van der Waals surface area contributed by atoms with Crippen molar-refractivity contribution in [1.29, 1.82) is 0 Å². The lowest BCUT2D eigenvalue weighted by Crippen LogP contribution is -2.51. The predicted octanol–water partition coefficient (Wildman–Crippen LogP) is 2.61. The number of amides is 4. The summed E-state index contributed by atoms with van der Waals surface area (Å²) in [7, 11) is 1.68. The van der Waals surface area contributed by atoms with Crippen molar-refractivity contribution in [3.8, 4) is 0 Å². The summed E-state index contributed by atoms with van der Waals surface area (Å²) in [6, 6.07) is 2.92. The van der Waals surface area contributed by atoms with Gasteiger partial charge in [-0.3, -0.25) is 14.5 Å². The van der Waals surface area contributed by atoms with E-state index in [1.807, 2.05) is 4.90 Å². The number of imide groups is 1. The van der Waals surface area contributed by atoms with Gasteiger partial charge in [0.25, 0.3) is 5.91 Å². The molecule has 4 rings (SSSR count). The fourth-order valence-corrected chi connectivity index (χ4v) is 5.70. The van der Waals surface area contributed by atoms with Gasteiger partial charge in [0.15, 0.2) is 0 Å². The molecule has 3 fully saturated rings. The Bertz CT molecular complexity index is 827. The van der Waals surface area contributed by atoms with Crippen molar-refractivity contribution in [3.05, 3.63) is 24.2 Å². The van der Waals surface area contributed by atoms with E-state index in [9.17, 15) is 14.4 Å². The maximum atomic E-state index is 13.3. The van der Waals surface area contributed by atoms with Crippen LogP contribution in [-0.4, -0.2) is 84.5 Å². The first-order chi connectivity index (χ1) is 16.6. The van der Waals surface area contributed by atoms with Gasteiger partial charge in [-0.15, -0.1) is 0 Å². The number of carbonyl (C=O) groups is 3. The lowest BCUT2D eigenvalue weighted by Gasteiger charge is -2.45. The van der Waals surface area contributed by atoms with E-state index in [0.29, 0.717) is 37.3 Å². The third-order valence-corrected chi connectivity index (χ3v) is 7.46. The monoisotopic (exact) mass is 474 g/mol. The fourth-order valence-electron chi connectivity index (χ4n) is 5.70. The van der Waals surface area contributed by atoms with Crippen molar-refractivity contribution in [1.82, 2.24) is 20.0 Å². The third-order valence-electron chi connectivity index (χ3n) is 7.46. The highest BCUT2D eigenvalue weighted by Gasteiger charge is 2.39. The molecule has 0 unspecified atom stereocenters. The van der Waals surface area contributed by atoms with Crippen LogP contribution in [0.1, 0.15) is 57.1 Å². The van der Waals surface area contributed by atoms with Gasteiger partial charge in [0.05, 0.1) is 12.8 Å².